The Morgan fingerprint density at radius 2 is 1.38 bits per heavy atom. The molecule has 0 aliphatic rings. The zero-order chi connectivity index (χ0) is 17.8. The molecular formula is C20H14N2O4. The predicted octanol–water partition coefficient (Wildman–Crippen LogP) is 4.35. The smallest absolute Gasteiger partial charge is 0.360 e. The van der Waals surface area contributed by atoms with E-state index < -0.39 is 5.97 Å². The Morgan fingerprint density at radius 1 is 0.808 bits per heavy atom. The van der Waals surface area contributed by atoms with E-state index in [1.54, 1.807) is 12.1 Å². The Labute approximate surface area is 149 Å². The van der Waals surface area contributed by atoms with Crippen LogP contribution in [0.4, 0.5) is 0 Å². The van der Waals surface area contributed by atoms with Gasteiger partial charge < -0.3 is 13.8 Å². The molecule has 0 N–H and O–H groups in total. The van der Waals surface area contributed by atoms with Crippen molar-refractivity contribution in [2.45, 2.75) is 6.61 Å². The first-order chi connectivity index (χ1) is 12.8. The second-order valence-electron chi connectivity index (χ2n) is 5.57. The lowest BCUT2D eigenvalue weighted by Crippen LogP contribution is -2.05. The van der Waals surface area contributed by atoms with E-state index in [9.17, 15) is 4.79 Å². The third kappa shape index (κ3) is 3.39. The second kappa shape index (κ2) is 7.06. The van der Waals surface area contributed by atoms with Gasteiger partial charge >= 0.3 is 5.97 Å². The van der Waals surface area contributed by atoms with Crippen LogP contribution in [-0.2, 0) is 11.3 Å². The zero-order valence-electron chi connectivity index (χ0n) is 13.7. The van der Waals surface area contributed by atoms with Crippen molar-refractivity contribution in [2.24, 2.45) is 0 Å². The minimum absolute atomic E-state index is 0.0112. The summed E-state index contributed by atoms with van der Waals surface area (Å²) >= 11 is 0. The summed E-state index contributed by atoms with van der Waals surface area (Å²) in [6.45, 7) is -0.0112. The first kappa shape index (κ1) is 15.8. The van der Waals surface area contributed by atoms with Gasteiger partial charge in [-0.15, -0.1) is 0 Å². The molecule has 0 saturated carbocycles. The van der Waals surface area contributed by atoms with Gasteiger partial charge in [-0.2, -0.15) is 0 Å². The molecule has 128 valence electrons. The minimum atomic E-state index is -0.583. The maximum absolute atomic E-state index is 12.1. The maximum Gasteiger partial charge on any atom is 0.360 e. The Bertz CT molecular complexity index is 1010. The van der Waals surface area contributed by atoms with E-state index in [-0.39, 0.29) is 12.3 Å². The molecule has 0 unspecified atom stereocenters. The van der Waals surface area contributed by atoms with Crippen molar-refractivity contribution in [1.82, 2.24) is 10.3 Å². The van der Waals surface area contributed by atoms with Crippen LogP contribution in [0.5, 0.6) is 0 Å². The predicted molar refractivity (Wildman–Crippen MR) is 93.0 cm³/mol. The summed E-state index contributed by atoms with van der Waals surface area (Å²) in [6.07, 6.45) is 0. The lowest BCUT2D eigenvalue weighted by Gasteiger charge is -1.97. The number of aromatic nitrogens is 2. The van der Waals surface area contributed by atoms with E-state index in [0.717, 1.165) is 11.1 Å². The van der Waals surface area contributed by atoms with Crippen molar-refractivity contribution in [3.05, 3.63) is 84.2 Å². The average Bonchev–Trinajstić information content (AvgIpc) is 3.37. The molecule has 2 aromatic heterocycles. The van der Waals surface area contributed by atoms with Crippen LogP contribution in [0, 0.1) is 0 Å². The van der Waals surface area contributed by atoms with Crippen LogP contribution in [0.15, 0.2) is 81.8 Å². The van der Waals surface area contributed by atoms with E-state index in [1.165, 1.54) is 0 Å². The van der Waals surface area contributed by atoms with Gasteiger partial charge in [-0.25, -0.2) is 4.79 Å². The molecule has 6 heteroatoms. The molecule has 6 nitrogen and oxygen atoms in total. The highest BCUT2D eigenvalue weighted by Gasteiger charge is 2.16. The number of carbonyl (C=O) groups excluding carboxylic acids is 1. The number of esters is 1. The van der Waals surface area contributed by atoms with Gasteiger partial charge in [-0.1, -0.05) is 71.0 Å². The molecule has 0 bridgehead atoms. The lowest BCUT2D eigenvalue weighted by atomic mass is 10.1. The number of benzene rings is 2. The topological polar surface area (TPSA) is 78.4 Å². The standard InChI is InChI=1S/C20H14N2O4/c23-20(17-12-19(26-22-17)15-9-5-2-6-10-15)24-13-16-11-18(25-21-16)14-7-3-1-4-8-14/h1-12H,13H2. The van der Waals surface area contributed by atoms with Crippen molar-refractivity contribution in [2.75, 3.05) is 0 Å². The fraction of sp³-hybridized carbons (Fsp3) is 0.0500. The normalized spacial score (nSPS) is 10.6. The van der Waals surface area contributed by atoms with Gasteiger partial charge in [0.1, 0.15) is 12.3 Å². The summed E-state index contributed by atoms with van der Waals surface area (Å²) in [6, 6.07) is 22.3. The van der Waals surface area contributed by atoms with Crippen molar-refractivity contribution in [3.8, 4) is 22.6 Å². The summed E-state index contributed by atoms with van der Waals surface area (Å²) < 4.78 is 15.7. The fourth-order valence-corrected chi connectivity index (χ4v) is 2.44. The number of hydrogen-bond acceptors (Lipinski definition) is 6. The number of nitrogens with zero attached hydrogens (tertiary/aromatic N) is 2. The molecule has 26 heavy (non-hydrogen) atoms. The third-order valence-corrected chi connectivity index (χ3v) is 3.75. The van der Waals surface area contributed by atoms with Crippen LogP contribution in [0.1, 0.15) is 16.2 Å². The quantitative estimate of drug-likeness (QED) is 0.500. The van der Waals surface area contributed by atoms with E-state index in [2.05, 4.69) is 10.3 Å². The first-order valence-electron chi connectivity index (χ1n) is 8.00. The molecule has 4 rings (SSSR count). The van der Waals surface area contributed by atoms with Crippen LogP contribution in [-0.4, -0.2) is 16.3 Å². The van der Waals surface area contributed by atoms with Gasteiger partial charge in [0, 0.05) is 23.3 Å². The highest BCUT2D eigenvalue weighted by molar-refractivity contribution is 5.88. The van der Waals surface area contributed by atoms with Gasteiger partial charge in [0.2, 0.25) is 0 Å². The third-order valence-electron chi connectivity index (χ3n) is 3.75. The number of rotatable bonds is 5. The first-order valence-corrected chi connectivity index (χ1v) is 8.00. The SMILES string of the molecule is O=C(OCc1cc(-c2ccccc2)on1)c1cc(-c2ccccc2)on1. The van der Waals surface area contributed by atoms with E-state index in [4.69, 9.17) is 13.8 Å². The summed E-state index contributed by atoms with van der Waals surface area (Å²) in [4.78, 5) is 12.1. The summed E-state index contributed by atoms with van der Waals surface area (Å²) in [7, 11) is 0. The van der Waals surface area contributed by atoms with E-state index in [0.29, 0.717) is 17.2 Å². The number of carbonyl (C=O) groups is 1. The van der Waals surface area contributed by atoms with Gasteiger partial charge in [-0.3, -0.25) is 0 Å². The minimum Gasteiger partial charge on any atom is -0.454 e. The Balaban J connectivity index is 1.40. The summed E-state index contributed by atoms with van der Waals surface area (Å²) in [5, 5.41) is 7.68. The molecule has 0 fully saturated rings. The van der Waals surface area contributed by atoms with E-state index >= 15 is 0 Å². The molecule has 0 aliphatic carbocycles. The fourth-order valence-electron chi connectivity index (χ4n) is 2.44. The molecule has 0 aliphatic heterocycles. The molecule has 0 radical (unpaired) electrons. The molecule has 0 spiro atoms. The Morgan fingerprint density at radius 3 is 2.04 bits per heavy atom. The van der Waals surface area contributed by atoms with Gasteiger partial charge in [0.25, 0.3) is 0 Å². The van der Waals surface area contributed by atoms with Crippen LogP contribution < -0.4 is 0 Å². The van der Waals surface area contributed by atoms with Crippen molar-refractivity contribution < 1.29 is 18.6 Å². The van der Waals surface area contributed by atoms with Gasteiger partial charge in [-0.05, 0) is 0 Å². The monoisotopic (exact) mass is 346 g/mol. The number of ether oxygens (including phenoxy) is 1. The molecule has 2 heterocycles. The van der Waals surface area contributed by atoms with Gasteiger partial charge in [0.15, 0.2) is 17.2 Å². The van der Waals surface area contributed by atoms with Crippen LogP contribution in [0.3, 0.4) is 0 Å². The largest absolute Gasteiger partial charge is 0.454 e. The molecule has 0 atom stereocenters. The molecular weight excluding hydrogens is 332 g/mol. The van der Waals surface area contributed by atoms with Crippen LogP contribution >= 0.6 is 0 Å². The maximum atomic E-state index is 12.1. The highest BCUT2D eigenvalue weighted by Crippen LogP contribution is 2.22. The summed E-state index contributed by atoms with van der Waals surface area (Å²) in [5.74, 6) is 0.537. The Hall–Kier alpha value is -3.67. The van der Waals surface area contributed by atoms with Gasteiger partial charge in [0.05, 0.1) is 0 Å². The summed E-state index contributed by atoms with van der Waals surface area (Å²) in [5.41, 5.74) is 2.37. The van der Waals surface area contributed by atoms with Crippen molar-refractivity contribution in [1.29, 1.82) is 0 Å². The molecule has 0 saturated heterocycles. The molecule has 4 aromatic rings. The van der Waals surface area contributed by atoms with Crippen LogP contribution in [0.25, 0.3) is 22.6 Å². The Kier molecular flexibility index (Phi) is 4.30. The number of hydrogen-bond donors (Lipinski definition) is 0. The molecule has 0 amide bonds. The van der Waals surface area contributed by atoms with Crippen molar-refractivity contribution >= 4 is 5.97 Å². The van der Waals surface area contributed by atoms with Crippen molar-refractivity contribution in [3.63, 3.8) is 0 Å². The zero-order valence-corrected chi connectivity index (χ0v) is 13.7. The average molecular weight is 346 g/mol. The molecule has 2 aromatic carbocycles. The second-order valence-corrected chi connectivity index (χ2v) is 5.57. The van der Waals surface area contributed by atoms with Crippen LogP contribution in [0.2, 0.25) is 0 Å². The highest BCUT2D eigenvalue weighted by atomic mass is 16.5. The van der Waals surface area contributed by atoms with E-state index in [1.807, 2.05) is 60.7 Å². The lowest BCUT2D eigenvalue weighted by molar-refractivity contribution is 0.0452.